The molecule has 0 aromatic rings. The van der Waals surface area contributed by atoms with Gasteiger partial charge in [0, 0.05) is 0 Å². The van der Waals surface area contributed by atoms with Gasteiger partial charge in [0.2, 0.25) is 0 Å². The minimum absolute atomic E-state index is 3.31. The molecule has 0 amide bonds. The maximum Gasteiger partial charge on any atom is 0.470 e. The van der Waals surface area contributed by atoms with Crippen LogP contribution >= 0.6 is 46.9 Å². The zero-order valence-electron chi connectivity index (χ0n) is 16.2. The Hall–Kier alpha value is 0.660. The molecule has 0 aromatic carbocycles. The molecule has 0 aliphatic heterocycles. The molecule has 1 fully saturated rings. The van der Waals surface area contributed by atoms with Crippen molar-refractivity contribution in [3.05, 3.63) is 0 Å². The molecule has 0 heterocycles. The summed E-state index contributed by atoms with van der Waals surface area (Å²) in [7, 11) is -38.1. The molecular weight excluding hydrogens is 642 g/mol. The summed E-state index contributed by atoms with van der Waals surface area (Å²) in [5.74, 6) is 0. The van der Waals surface area contributed by atoms with E-state index in [1.165, 1.54) is 0 Å². The van der Waals surface area contributed by atoms with Crippen molar-refractivity contribution < 1.29 is 113 Å². The fourth-order valence-electron chi connectivity index (χ4n) is 2.76. The first-order chi connectivity index (χ1) is 15.6. The van der Waals surface area contributed by atoms with E-state index in [1.807, 2.05) is 0 Å². The van der Waals surface area contributed by atoms with Crippen molar-refractivity contribution in [1.29, 1.82) is 0 Å². The molecule has 0 radical (unpaired) electrons. The topological polar surface area (TPSA) is 418 Å². The molecule has 216 valence electrons. The molecule has 0 spiro atoms. The first kappa shape index (κ1) is 34.7. The van der Waals surface area contributed by atoms with E-state index in [0.29, 0.717) is 0 Å². The Balaban J connectivity index is 4.04. The lowest BCUT2D eigenvalue weighted by Gasteiger charge is -2.53. The van der Waals surface area contributed by atoms with Crippen molar-refractivity contribution in [1.82, 2.24) is 0 Å². The zero-order valence-corrected chi connectivity index (χ0v) is 21.5. The zero-order chi connectivity index (χ0) is 28.7. The Kier molecular flexibility index (Phi) is 11.2. The van der Waals surface area contributed by atoms with Gasteiger partial charge >= 0.3 is 15.6 Å². The molecule has 1 rings (SSSR count). The fraction of sp³-hybridized carbons (Fsp3) is 1.00. The molecule has 2 unspecified atom stereocenters. The normalized spacial score (nSPS) is 32.0. The molecule has 0 saturated heterocycles. The van der Waals surface area contributed by atoms with Gasteiger partial charge in [0.1, 0.15) is 36.6 Å². The van der Waals surface area contributed by atoms with Crippen molar-refractivity contribution in [2.24, 2.45) is 0 Å². The average molecular weight is 654 g/mol. The van der Waals surface area contributed by atoms with Crippen LogP contribution in [0.4, 0.5) is 0 Å². The summed E-state index contributed by atoms with van der Waals surface area (Å²) in [6.45, 7) is 0. The van der Waals surface area contributed by atoms with Crippen LogP contribution in [0.2, 0.25) is 0 Å². The van der Waals surface area contributed by atoms with Crippen LogP contribution in [0.5, 0.6) is 0 Å². The van der Waals surface area contributed by atoms with E-state index in [4.69, 9.17) is 29.4 Å². The Morgan fingerprint density at radius 2 is 0.583 bits per heavy atom. The molecule has 8 atom stereocenters. The Morgan fingerprint density at radius 1 is 0.389 bits per heavy atom. The van der Waals surface area contributed by atoms with Gasteiger partial charge in [-0.3, -0.25) is 18.2 Å². The molecule has 24 nitrogen and oxygen atoms in total. The summed E-state index contributed by atoms with van der Waals surface area (Å²) < 4.78 is 90.7. The summed E-state index contributed by atoms with van der Waals surface area (Å²) in [6, 6.07) is 0. The summed E-state index contributed by atoms with van der Waals surface area (Å²) in [5, 5.41) is 0. The molecule has 30 heteroatoms. The van der Waals surface area contributed by atoms with Crippen molar-refractivity contribution in [3.8, 4) is 0 Å². The predicted molar refractivity (Wildman–Crippen MR) is 88.2 cm³/mol. The summed E-state index contributed by atoms with van der Waals surface area (Å²) >= 11 is 0. The highest BCUT2D eigenvalue weighted by molar-refractivity contribution is 7.47. The predicted octanol–water partition coefficient (Wildman–Crippen LogP) is -6.92. The van der Waals surface area contributed by atoms with Crippen molar-refractivity contribution in [2.75, 3.05) is 0 Å². The van der Waals surface area contributed by atoms with Crippen LogP contribution < -0.4 is 29.4 Å². The van der Waals surface area contributed by atoms with Crippen LogP contribution in [-0.4, -0.2) is 66.0 Å². The standard InChI is InChI=1S/C6H18O24P6/c7-31(8,9)25-1-2(26-32(10,11)12)4(28-34(16,17)18)6(30-36(22,23)24)5(29-35(19,20)21)3(1)27-33(13,14)15/h1-6H,(H2,7,8,9)(H2,10,11,12)(H2,13,14,15)(H2,16,17,18)(H2,19,20,21)(H2,22,23,24)/p-6/t1-,2-,3-,4+,5-,6-. The first-order valence-electron chi connectivity index (χ1n) is 7.90. The van der Waals surface area contributed by atoms with E-state index in [1.54, 1.807) is 0 Å². The number of phosphoric ester groups is 6. The van der Waals surface area contributed by atoms with Crippen LogP contribution in [0.3, 0.4) is 0 Å². The molecule has 6 N–H and O–H groups in total. The lowest BCUT2D eigenvalue weighted by Crippen LogP contribution is -2.67. The maximum absolute atomic E-state index is 11.4. The third-order valence-electron chi connectivity index (χ3n) is 3.47. The molecule has 36 heavy (non-hydrogen) atoms. The third-order valence-corrected chi connectivity index (χ3v) is 6.53. The van der Waals surface area contributed by atoms with Gasteiger partial charge in [0.05, 0.1) is 15.6 Å². The van der Waals surface area contributed by atoms with E-state index in [9.17, 15) is 56.8 Å². The lowest BCUT2D eigenvalue weighted by atomic mass is 9.85. The second-order valence-corrected chi connectivity index (χ2v) is 13.1. The average Bonchev–Trinajstić information content (AvgIpc) is 2.51. The van der Waals surface area contributed by atoms with Gasteiger partial charge < -0.3 is 85.9 Å². The number of hydrogen-bond donors (Lipinski definition) is 6. The second-order valence-electron chi connectivity index (χ2n) is 6.23. The summed E-state index contributed by atoms with van der Waals surface area (Å²) in [5.41, 5.74) is 0. The fourth-order valence-corrected chi connectivity index (χ4v) is 6.05. The minimum atomic E-state index is -6.59. The molecule has 0 aromatic heterocycles. The molecular formula is C6H12O24P6-6. The van der Waals surface area contributed by atoms with E-state index in [0.717, 1.165) is 0 Å². The van der Waals surface area contributed by atoms with E-state index >= 15 is 0 Å². The highest BCUT2D eigenvalue weighted by Crippen LogP contribution is 2.54. The Bertz CT molecular complexity index is 818. The molecule has 1 aliphatic carbocycles. The highest BCUT2D eigenvalue weighted by Gasteiger charge is 2.60. The van der Waals surface area contributed by atoms with Gasteiger partial charge in [-0.25, -0.2) is 9.13 Å². The van der Waals surface area contributed by atoms with Gasteiger partial charge in [-0.1, -0.05) is 0 Å². The van der Waals surface area contributed by atoms with Gasteiger partial charge in [0.15, 0.2) is 0 Å². The quantitative estimate of drug-likeness (QED) is 0.106. The van der Waals surface area contributed by atoms with Gasteiger partial charge in [0.25, 0.3) is 15.6 Å². The summed E-state index contributed by atoms with van der Waals surface area (Å²) in [4.78, 5) is 121. The highest BCUT2D eigenvalue weighted by atomic mass is 31.2. The molecule has 1 aliphatic rings. The van der Waals surface area contributed by atoms with Crippen LogP contribution in [0.15, 0.2) is 0 Å². The maximum atomic E-state index is 11.4. The van der Waals surface area contributed by atoms with E-state index < -0.39 is 83.6 Å². The van der Waals surface area contributed by atoms with E-state index in [2.05, 4.69) is 27.1 Å². The minimum Gasteiger partial charge on any atom is -0.790 e. The van der Waals surface area contributed by atoms with Crippen LogP contribution in [0, 0.1) is 0 Å². The number of rotatable bonds is 12. The smallest absolute Gasteiger partial charge is 0.470 e. The second kappa shape index (κ2) is 11.6. The third kappa shape index (κ3) is 13.1. The summed E-state index contributed by atoms with van der Waals surface area (Å²) in [6.07, 6.45) is -20.2. The van der Waals surface area contributed by atoms with Crippen molar-refractivity contribution >= 4 is 46.9 Å². The first-order valence-corrected chi connectivity index (χ1v) is 16.9. The monoisotopic (exact) mass is 654 g/mol. The lowest BCUT2D eigenvalue weighted by molar-refractivity contribution is -0.366. The Labute approximate surface area is 197 Å². The number of hydrogen-bond acceptors (Lipinski definition) is 18. The van der Waals surface area contributed by atoms with Crippen LogP contribution in [-0.2, 0) is 54.5 Å². The molecule has 0 bridgehead atoms. The largest absolute Gasteiger partial charge is 0.790 e. The van der Waals surface area contributed by atoms with Crippen LogP contribution in [0.1, 0.15) is 0 Å². The van der Waals surface area contributed by atoms with Crippen molar-refractivity contribution in [2.45, 2.75) is 36.6 Å². The van der Waals surface area contributed by atoms with Gasteiger partial charge in [-0.2, -0.15) is 0 Å². The number of phosphoric acid groups is 6. The van der Waals surface area contributed by atoms with Crippen molar-refractivity contribution in [3.63, 3.8) is 0 Å². The van der Waals surface area contributed by atoms with Gasteiger partial charge in [-0.05, 0) is 0 Å². The van der Waals surface area contributed by atoms with E-state index in [-0.39, 0.29) is 0 Å². The Morgan fingerprint density at radius 3 is 0.750 bits per heavy atom. The molecule has 1 saturated carbocycles. The van der Waals surface area contributed by atoms with Gasteiger partial charge in [-0.15, -0.1) is 0 Å². The van der Waals surface area contributed by atoms with Crippen LogP contribution in [0.25, 0.3) is 0 Å². The SMILES string of the molecule is O=P([O-])([O-])O[C@H]1[C@H](OP(=O)([O-])[O-])[C@H](OP(=O)([O-])O)[C@H](OP(=O)(O)O)[C@@H](OP(=O)(O)O)[C@@H]1OP(=O)([O-])O.